The second-order valence-electron chi connectivity index (χ2n) is 7.62. The second kappa shape index (κ2) is 10.7. The first-order valence-corrected chi connectivity index (χ1v) is 10.4. The van der Waals surface area contributed by atoms with Crippen molar-refractivity contribution in [1.29, 1.82) is 0 Å². The number of aliphatic hydroxyl groups excluding tert-OH is 1. The van der Waals surface area contributed by atoms with Gasteiger partial charge in [0.1, 0.15) is 11.5 Å². The lowest BCUT2D eigenvalue weighted by Gasteiger charge is -2.24. The number of hydrogen-bond acceptors (Lipinski definition) is 6. The third-order valence-corrected chi connectivity index (χ3v) is 5.09. The minimum Gasteiger partial charge on any atom is -0.508 e. The zero-order valence-corrected chi connectivity index (χ0v) is 18.6. The highest BCUT2D eigenvalue weighted by Gasteiger charge is 2.31. The van der Waals surface area contributed by atoms with E-state index in [0.29, 0.717) is 23.7 Å². The lowest BCUT2D eigenvalue weighted by atomic mass is 10.0. The highest BCUT2D eigenvalue weighted by molar-refractivity contribution is 6.31. The molecule has 0 aliphatic carbocycles. The Labute approximate surface area is 182 Å². The van der Waals surface area contributed by atoms with Crippen molar-refractivity contribution >= 4 is 17.6 Å². The highest BCUT2D eigenvalue weighted by atomic mass is 35.5. The SMILES string of the molecule is CCOC(=O)C(C)(C)Oc1ccc(CCN[C@@H](C)[C@H](O)c2ccc(O)cc2)c(Cl)c1. The number of phenols is 1. The molecule has 0 amide bonds. The molecule has 0 aliphatic heterocycles. The van der Waals surface area contributed by atoms with Crippen LogP contribution < -0.4 is 10.1 Å². The molecule has 0 aromatic heterocycles. The molecule has 30 heavy (non-hydrogen) atoms. The predicted octanol–water partition coefficient (Wildman–Crippen LogP) is 4.02. The van der Waals surface area contributed by atoms with E-state index < -0.39 is 17.7 Å². The maximum absolute atomic E-state index is 12.0. The van der Waals surface area contributed by atoms with Gasteiger partial charge >= 0.3 is 5.97 Å². The van der Waals surface area contributed by atoms with Crippen LogP contribution in [0, 0.1) is 0 Å². The third kappa shape index (κ3) is 6.62. The van der Waals surface area contributed by atoms with E-state index in [1.165, 1.54) is 0 Å². The van der Waals surface area contributed by atoms with E-state index in [-0.39, 0.29) is 18.4 Å². The fourth-order valence-corrected chi connectivity index (χ4v) is 3.21. The molecule has 0 aliphatic rings. The molecular formula is C23H30ClNO5. The lowest BCUT2D eigenvalue weighted by molar-refractivity contribution is -0.158. The Bertz CT molecular complexity index is 838. The number of esters is 1. The summed E-state index contributed by atoms with van der Waals surface area (Å²) >= 11 is 6.39. The molecule has 2 atom stereocenters. The Hall–Kier alpha value is -2.28. The minimum atomic E-state index is -1.11. The summed E-state index contributed by atoms with van der Waals surface area (Å²) in [4.78, 5) is 12.0. The van der Waals surface area contributed by atoms with Gasteiger partial charge < -0.3 is 25.0 Å². The first kappa shape index (κ1) is 24.0. The summed E-state index contributed by atoms with van der Waals surface area (Å²) < 4.78 is 10.8. The summed E-state index contributed by atoms with van der Waals surface area (Å²) in [6, 6.07) is 11.7. The molecule has 3 N–H and O–H groups in total. The van der Waals surface area contributed by atoms with Gasteiger partial charge in [-0.15, -0.1) is 0 Å². The molecule has 2 aromatic carbocycles. The molecule has 2 aromatic rings. The first-order valence-electron chi connectivity index (χ1n) is 9.99. The number of benzene rings is 2. The van der Waals surface area contributed by atoms with Gasteiger partial charge in [0.25, 0.3) is 0 Å². The summed E-state index contributed by atoms with van der Waals surface area (Å²) in [6.45, 7) is 7.85. The number of halogens is 1. The maximum Gasteiger partial charge on any atom is 0.349 e. The topological polar surface area (TPSA) is 88.0 Å². The van der Waals surface area contributed by atoms with E-state index in [9.17, 15) is 15.0 Å². The van der Waals surface area contributed by atoms with Crippen LogP contribution in [0.4, 0.5) is 0 Å². The summed E-state index contributed by atoms with van der Waals surface area (Å²) in [6.07, 6.45) is -0.0329. The number of aliphatic hydroxyl groups is 1. The van der Waals surface area contributed by atoms with E-state index in [1.54, 1.807) is 57.2 Å². The van der Waals surface area contributed by atoms with Gasteiger partial charge in [-0.25, -0.2) is 4.79 Å². The van der Waals surface area contributed by atoms with Gasteiger partial charge in [0.2, 0.25) is 0 Å². The molecule has 0 fully saturated rings. The molecule has 2 rings (SSSR count). The molecule has 0 unspecified atom stereocenters. The zero-order chi connectivity index (χ0) is 22.3. The van der Waals surface area contributed by atoms with Gasteiger partial charge in [-0.05, 0) is 76.1 Å². The van der Waals surface area contributed by atoms with E-state index >= 15 is 0 Å². The summed E-state index contributed by atoms with van der Waals surface area (Å²) in [5.74, 6) is 0.223. The van der Waals surface area contributed by atoms with Crippen molar-refractivity contribution in [2.75, 3.05) is 13.2 Å². The third-order valence-electron chi connectivity index (χ3n) is 4.73. The minimum absolute atomic E-state index is 0.166. The van der Waals surface area contributed by atoms with Gasteiger partial charge in [-0.3, -0.25) is 0 Å². The van der Waals surface area contributed by atoms with Crippen molar-refractivity contribution in [3.05, 3.63) is 58.6 Å². The predicted molar refractivity (Wildman–Crippen MR) is 117 cm³/mol. The van der Waals surface area contributed by atoms with Crippen LogP contribution in [-0.4, -0.2) is 41.0 Å². The standard InChI is InChI=1S/C23H30ClNO5/c1-5-29-22(28)23(3,4)30-19-11-8-16(20(24)14-19)12-13-25-15(2)21(27)17-6-9-18(26)10-7-17/h6-11,14-15,21,25-27H,5,12-13H2,1-4H3/t15-,21-/m0/s1. The Morgan fingerprint density at radius 2 is 1.87 bits per heavy atom. The van der Waals surface area contributed by atoms with Crippen LogP contribution in [0.25, 0.3) is 0 Å². The quantitative estimate of drug-likeness (QED) is 0.488. The summed E-state index contributed by atoms with van der Waals surface area (Å²) in [7, 11) is 0. The van der Waals surface area contributed by atoms with Crippen molar-refractivity contribution in [3.63, 3.8) is 0 Å². The van der Waals surface area contributed by atoms with Crippen LogP contribution in [0.2, 0.25) is 5.02 Å². The maximum atomic E-state index is 12.0. The fraction of sp³-hybridized carbons (Fsp3) is 0.435. The molecule has 0 saturated carbocycles. The number of hydrogen-bond donors (Lipinski definition) is 3. The molecule has 0 saturated heterocycles. The summed E-state index contributed by atoms with van der Waals surface area (Å²) in [5.41, 5.74) is 0.552. The Morgan fingerprint density at radius 3 is 2.47 bits per heavy atom. The van der Waals surface area contributed by atoms with E-state index in [0.717, 1.165) is 11.1 Å². The number of ether oxygens (including phenoxy) is 2. The average Bonchev–Trinajstić information content (AvgIpc) is 2.69. The van der Waals surface area contributed by atoms with Crippen LogP contribution >= 0.6 is 11.6 Å². The Kier molecular flexibility index (Phi) is 8.53. The van der Waals surface area contributed by atoms with Crippen LogP contribution in [0.3, 0.4) is 0 Å². The zero-order valence-electron chi connectivity index (χ0n) is 17.8. The number of carbonyl (C=O) groups is 1. The molecule has 6 nitrogen and oxygen atoms in total. The van der Waals surface area contributed by atoms with E-state index in [4.69, 9.17) is 21.1 Å². The largest absolute Gasteiger partial charge is 0.508 e. The van der Waals surface area contributed by atoms with Crippen molar-refractivity contribution in [2.45, 2.75) is 51.9 Å². The number of phenolic OH excluding ortho intramolecular Hbond substituents is 1. The molecule has 164 valence electrons. The van der Waals surface area contributed by atoms with Crippen LogP contribution in [-0.2, 0) is 16.0 Å². The molecule has 0 radical (unpaired) electrons. The molecule has 0 heterocycles. The number of rotatable bonds is 10. The number of carbonyl (C=O) groups excluding carboxylic acids is 1. The monoisotopic (exact) mass is 435 g/mol. The highest BCUT2D eigenvalue weighted by Crippen LogP contribution is 2.26. The molecule has 0 spiro atoms. The van der Waals surface area contributed by atoms with Gasteiger partial charge in [0, 0.05) is 11.1 Å². The Morgan fingerprint density at radius 1 is 1.20 bits per heavy atom. The molecule has 7 heteroatoms. The Balaban J connectivity index is 1.90. The normalized spacial score (nSPS) is 13.5. The molecular weight excluding hydrogens is 406 g/mol. The average molecular weight is 436 g/mol. The van der Waals surface area contributed by atoms with Crippen LogP contribution in [0.1, 0.15) is 44.9 Å². The summed E-state index contributed by atoms with van der Waals surface area (Å²) in [5, 5.41) is 23.6. The lowest BCUT2D eigenvalue weighted by Crippen LogP contribution is -2.39. The second-order valence-corrected chi connectivity index (χ2v) is 8.02. The molecule has 0 bridgehead atoms. The van der Waals surface area contributed by atoms with Crippen molar-refractivity contribution in [3.8, 4) is 11.5 Å². The number of aromatic hydroxyl groups is 1. The fourth-order valence-electron chi connectivity index (χ4n) is 2.94. The van der Waals surface area contributed by atoms with Crippen LogP contribution in [0.5, 0.6) is 11.5 Å². The van der Waals surface area contributed by atoms with Gasteiger partial charge in [-0.1, -0.05) is 29.8 Å². The van der Waals surface area contributed by atoms with Crippen molar-refractivity contribution < 1.29 is 24.5 Å². The van der Waals surface area contributed by atoms with Gasteiger partial charge in [0.05, 0.1) is 12.7 Å². The van der Waals surface area contributed by atoms with Gasteiger partial charge in [-0.2, -0.15) is 0 Å². The number of nitrogens with one attached hydrogen (secondary N) is 1. The first-order chi connectivity index (χ1) is 14.1. The van der Waals surface area contributed by atoms with E-state index in [2.05, 4.69) is 5.32 Å². The van der Waals surface area contributed by atoms with Gasteiger partial charge in [0.15, 0.2) is 5.60 Å². The smallest absolute Gasteiger partial charge is 0.349 e. The van der Waals surface area contributed by atoms with E-state index in [1.807, 2.05) is 13.0 Å². The van der Waals surface area contributed by atoms with Crippen LogP contribution in [0.15, 0.2) is 42.5 Å². The van der Waals surface area contributed by atoms with Crippen molar-refractivity contribution in [1.82, 2.24) is 5.32 Å². The van der Waals surface area contributed by atoms with Crippen molar-refractivity contribution in [2.24, 2.45) is 0 Å².